The van der Waals surface area contributed by atoms with E-state index in [9.17, 15) is 0 Å². The van der Waals surface area contributed by atoms with E-state index >= 15 is 0 Å². The van der Waals surface area contributed by atoms with Crippen molar-refractivity contribution in [3.63, 3.8) is 0 Å². The van der Waals surface area contributed by atoms with Gasteiger partial charge in [-0.15, -0.1) is 16.4 Å². The van der Waals surface area contributed by atoms with E-state index in [-0.39, 0.29) is 0 Å². The number of hydrogen-bond acceptors (Lipinski definition) is 7. The summed E-state index contributed by atoms with van der Waals surface area (Å²) in [4.78, 5) is 4.71. The van der Waals surface area contributed by atoms with Gasteiger partial charge in [0.25, 0.3) is 0 Å². The molecule has 0 bridgehead atoms. The first-order chi connectivity index (χ1) is 14.5. The summed E-state index contributed by atoms with van der Waals surface area (Å²) in [6, 6.07) is 11.7. The number of aromatic nitrogens is 4. The minimum atomic E-state index is 0.344. The SMILES string of the molecule is CCc1ccc(-c2csc(-c3nnn(-c4cc(Cl)c(OC)cc4OC)c3N)n2)cc1. The Morgan fingerprint density at radius 2 is 1.83 bits per heavy atom. The molecule has 2 aromatic heterocycles. The van der Waals surface area contributed by atoms with Crippen LogP contribution in [0.5, 0.6) is 11.5 Å². The monoisotopic (exact) mass is 441 g/mol. The van der Waals surface area contributed by atoms with E-state index in [1.54, 1.807) is 19.2 Å². The highest BCUT2D eigenvalue weighted by atomic mass is 35.5. The third-order valence-corrected chi connectivity index (χ3v) is 5.90. The Morgan fingerprint density at radius 3 is 2.50 bits per heavy atom. The second-order valence-electron chi connectivity index (χ2n) is 6.48. The average Bonchev–Trinajstić information content (AvgIpc) is 3.40. The zero-order valence-electron chi connectivity index (χ0n) is 16.7. The minimum Gasteiger partial charge on any atom is -0.495 e. The maximum Gasteiger partial charge on any atom is 0.165 e. The third-order valence-electron chi connectivity index (χ3n) is 4.75. The molecule has 9 heteroatoms. The van der Waals surface area contributed by atoms with Crippen LogP contribution in [0.2, 0.25) is 5.02 Å². The summed E-state index contributed by atoms with van der Waals surface area (Å²) >= 11 is 7.75. The summed E-state index contributed by atoms with van der Waals surface area (Å²) in [5.41, 5.74) is 10.6. The second-order valence-corrected chi connectivity index (χ2v) is 7.75. The normalized spacial score (nSPS) is 10.9. The highest BCUT2D eigenvalue weighted by Crippen LogP contribution is 2.37. The van der Waals surface area contributed by atoms with Gasteiger partial charge in [0.05, 0.1) is 24.9 Å². The highest BCUT2D eigenvalue weighted by Gasteiger charge is 2.20. The zero-order valence-corrected chi connectivity index (χ0v) is 18.3. The number of benzene rings is 2. The lowest BCUT2D eigenvalue weighted by atomic mass is 10.1. The van der Waals surface area contributed by atoms with Crippen LogP contribution in [-0.4, -0.2) is 34.2 Å². The fourth-order valence-corrected chi connectivity index (χ4v) is 4.11. The van der Waals surface area contributed by atoms with Gasteiger partial charge in [-0.05, 0) is 18.1 Å². The molecule has 0 aliphatic rings. The molecule has 0 amide bonds. The summed E-state index contributed by atoms with van der Waals surface area (Å²) in [5.74, 6) is 1.35. The standard InChI is InChI=1S/C21H20ClN5O2S/c1-4-12-5-7-13(8-6-12)15-11-30-21(24-15)19-20(23)27(26-25-19)16-9-14(22)17(28-2)10-18(16)29-3/h5-11H,4,23H2,1-3H3. The zero-order chi connectivity index (χ0) is 21.3. The number of methoxy groups -OCH3 is 2. The Balaban J connectivity index is 1.71. The fourth-order valence-electron chi connectivity index (χ4n) is 3.06. The number of ether oxygens (including phenoxy) is 2. The van der Waals surface area contributed by atoms with E-state index in [1.807, 2.05) is 5.38 Å². The molecule has 0 saturated carbocycles. The van der Waals surface area contributed by atoms with E-state index in [4.69, 9.17) is 31.8 Å². The van der Waals surface area contributed by atoms with E-state index in [0.29, 0.717) is 38.7 Å². The number of halogens is 1. The molecule has 0 unspecified atom stereocenters. The largest absolute Gasteiger partial charge is 0.495 e. The highest BCUT2D eigenvalue weighted by molar-refractivity contribution is 7.13. The van der Waals surface area contributed by atoms with Crippen LogP contribution in [0.4, 0.5) is 5.82 Å². The van der Waals surface area contributed by atoms with Crippen molar-refractivity contribution in [3.8, 4) is 39.1 Å². The first-order valence-corrected chi connectivity index (χ1v) is 10.5. The van der Waals surface area contributed by atoms with Crippen molar-refractivity contribution in [1.82, 2.24) is 20.0 Å². The molecular formula is C21H20ClN5O2S. The van der Waals surface area contributed by atoms with Crippen LogP contribution >= 0.6 is 22.9 Å². The van der Waals surface area contributed by atoms with Crippen LogP contribution in [0.15, 0.2) is 41.8 Å². The Hall–Kier alpha value is -3.10. The fraction of sp³-hybridized carbons (Fsp3) is 0.190. The Morgan fingerprint density at radius 1 is 1.10 bits per heavy atom. The molecule has 154 valence electrons. The predicted molar refractivity (Wildman–Crippen MR) is 120 cm³/mol. The van der Waals surface area contributed by atoms with Crippen LogP contribution in [0, 0.1) is 0 Å². The van der Waals surface area contributed by atoms with E-state index in [2.05, 4.69) is 41.5 Å². The molecular weight excluding hydrogens is 422 g/mol. The van der Waals surface area contributed by atoms with Gasteiger partial charge < -0.3 is 15.2 Å². The van der Waals surface area contributed by atoms with Gasteiger partial charge in [0.1, 0.15) is 22.2 Å². The molecule has 0 spiro atoms. The molecule has 7 nitrogen and oxygen atoms in total. The van der Waals surface area contributed by atoms with E-state index < -0.39 is 0 Å². The number of anilines is 1. The summed E-state index contributed by atoms with van der Waals surface area (Å²) in [5, 5.41) is 11.5. The summed E-state index contributed by atoms with van der Waals surface area (Å²) in [7, 11) is 3.09. The van der Waals surface area contributed by atoms with Crippen molar-refractivity contribution in [1.29, 1.82) is 0 Å². The predicted octanol–water partition coefficient (Wildman–Crippen LogP) is 4.87. The first-order valence-electron chi connectivity index (χ1n) is 9.24. The van der Waals surface area contributed by atoms with Crippen LogP contribution < -0.4 is 15.2 Å². The number of nitrogen functional groups attached to an aromatic ring is 1. The van der Waals surface area contributed by atoms with Crippen molar-refractivity contribution >= 4 is 28.8 Å². The van der Waals surface area contributed by atoms with Gasteiger partial charge in [0.15, 0.2) is 11.5 Å². The Labute approximate surface area is 183 Å². The van der Waals surface area contributed by atoms with Gasteiger partial charge in [-0.3, -0.25) is 0 Å². The smallest absolute Gasteiger partial charge is 0.165 e. The van der Waals surface area contributed by atoms with Crippen LogP contribution in [-0.2, 0) is 6.42 Å². The van der Waals surface area contributed by atoms with Gasteiger partial charge in [-0.25, -0.2) is 4.98 Å². The van der Waals surface area contributed by atoms with Gasteiger partial charge in [-0.2, -0.15) is 4.68 Å². The topological polar surface area (TPSA) is 88.1 Å². The number of nitrogens with two attached hydrogens (primary N) is 1. The third kappa shape index (κ3) is 3.59. The molecule has 0 saturated heterocycles. The van der Waals surface area contributed by atoms with E-state index in [0.717, 1.165) is 17.7 Å². The van der Waals surface area contributed by atoms with Gasteiger partial charge in [-0.1, -0.05) is 48.0 Å². The lowest BCUT2D eigenvalue weighted by molar-refractivity contribution is 0.392. The molecule has 0 atom stereocenters. The Bertz CT molecular complexity index is 1190. The molecule has 2 heterocycles. The number of thiazole rings is 1. The average molecular weight is 442 g/mol. The van der Waals surface area contributed by atoms with Crippen LogP contribution in [0.25, 0.3) is 27.6 Å². The summed E-state index contributed by atoms with van der Waals surface area (Å²) in [6.45, 7) is 2.13. The molecule has 0 aliphatic heterocycles. The van der Waals surface area contributed by atoms with Gasteiger partial charge in [0.2, 0.25) is 0 Å². The van der Waals surface area contributed by atoms with Crippen molar-refractivity contribution in [2.75, 3.05) is 20.0 Å². The number of rotatable bonds is 6. The lowest BCUT2D eigenvalue weighted by Crippen LogP contribution is -2.05. The van der Waals surface area contributed by atoms with E-state index in [1.165, 1.54) is 28.7 Å². The van der Waals surface area contributed by atoms with Crippen molar-refractivity contribution in [2.24, 2.45) is 0 Å². The molecule has 0 radical (unpaired) electrons. The maximum atomic E-state index is 6.37. The van der Waals surface area contributed by atoms with Crippen molar-refractivity contribution in [2.45, 2.75) is 13.3 Å². The molecule has 30 heavy (non-hydrogen) atoms. The first kappa shape index (κ1) is 20.2. The number of hydrogen-bond donors (Lipinski definition) is 1. The molecule has 2 aromatic carbocycles. The van der Waals surface area contributed by atoms with Crippen molar-refractivity contribution in [3.05, 3.63) is 52.4 Å². The molecule has 2 N–H and O–H groups in total. The maximum absolute atomic E-state index is 6.37. The summed E-state index contributed by atoms with van der Waals surface area (Å²) < 4.78 is 12.2. The molecule has 0 aliphatic carbocycles. The molecule has 0 fully saturated rings. The quantitative estimate of drug-likeness (QED) is 0.459. The molecule has 4 rings (SSSR count). The lowest BCUT2D eigenvalue weighted by Gasteiger charge is -2.12. The van der Waals surface area contributed by atoms with Crippen LogP contribution in [0.3, 0.4) is 0 Å². The second kappa shape index (κ2) is 8.33. The molecule has 4 aromatic rings. The minimum absolute atomic E-state index is 0.344. The van der Waals surface area contributed by atoms with Crippen molar-refractivity contribution < 1.29 is 9.47 Å². The van der Waals surface area contributed by atoms with Gasteiger partial charge in [0, 0.05) is 17.0 Å². The van der Waals surface area contributed by atoms with Gasteiger partial charge >= 0.3 is 0 Å². The number of aryl methyl sites for hydroxylation is 1. The number of nitrogens with zero attached hydrogens (tertiary/aromatic N) is 4. The van der Waals surface area contributed by atoms with Crippen LogP contribution in [0.1, 0.15) is 12.5 Å². The Kier molecular flexibility index (Phi) is 5.61. The summed E-state index contributed by atoms with van der Waals surface area (Å²) in [6.07, 6.45) is 1.00.